The second-order valence-corrected chi connectivity index (χ2v) is 3.85. The van der Waals surface area contributed by atoms with Crippen molar-refractivity contribution in [1.82, 2.24) is 0 Å². The van der Waals surface area contributed by atoms with E-state index in [9.17, 15) is 0 Å². The minimum atomic E-state index is 0.128. The predicted molar refractivity (Wildman–Crippen MR) is 59.5 cm³/mol. The second-order valence-electron chi connectivity index (χ2n) is 3.85. The van der Waals surface area contributed by atoms with Gasteiger partial charge in [-0.05, 0) is 18.4 Å². The van der Waals surface area contributed by atoms with Crippen LogP contribution < -0.4 is 9.47 Å². The summed E-state index contributed by atoms with van der Waals surface area (Å²) in [4.78, 5) is 0. The third kappa shape index (κ3) is 1.33. The quantitative estimate of drug-likeness (QED) is 0.650. The van der Waals surface area contributed by atoms with Gasteiger partial charge < -0.3 is 9.47 Å². The Hall–Kier alpha value is -1.70. The lowest BCUT2D eigenvalue weighted by atomic mass is 10.1. The molecule has 0 spiro atoms. The van der Waals surface area contributed by atoms with Crippen molar-refractivity contribution < 1.29 is 9.47 Å². The molecule has 2 nitrogen and oxygen atoms in total. The molecule has 1 atom stereocenters. The molecule has 2 aromatic carbocycles. The fraction of sp³-hybridized carbons (Fsp3) is 0.231. The van der Waals surface area contributed by atoms with Crippen LogP contribution in [0.25, 0.3) is 10.8 Å². The lowest BCUT2D eigenvalue weighted by Crippen LogP contribution is -2.25. The van der Waals surface area contributed by atoms with Crippen molar-refractivity contribution in [2.75, 3.05) is 6.61 Å². The van der Waals surface area contributed by atoms with E-state index in [4.69, 9.17) is 9.47 Å². The van der Waals surface area contributed by atoms with Gasteiger partial charge in [-0.1, -0.05) is 30.3 Å². The van der Waals surface area contributed by atoms with Crippen molar-refractivity contribution in [3.8, 4) is 11.5 Å². The zero-order valence-electron chi connectivity index (χ0n) is 8.57. The first kappa shape index (κ1) is 8.60. The average molecular weight is 200 g/mol. The zero-order chi connectivity index (χ0) is 10.3. The van der Waals surface area contributed by atoms with Gasteiger partial charge in [0.05, 0.1) is 0 Å². The number of benzene rings is 2. The predicted octanol–water partition coefficient (Wildman–Crippen LogP) is 3.00. The molecular weight excluding hydrogens is 188 g/mol. The Bertz CT molecular complexity index is 505. The van der Waals surface area contributed by atoms with Crippen LogP contribution in [0.1, 0.15) is 6.92 Å². The third-order valence-electron chi connectivity index (χ3n) is 2.64. The zero-order valence-corrected chi connectivity index (χ0v) is 8.57. The summed E-state index contributed by atoms with van der Waals surface area (Å²) in [6.45, 7) is 2.65. The first-order valence-corrected chi connectivity index (χ1v) is 5.16. The highest BCUT2D eigenvalue weighted by atomic mass is 16.6. The molecule has 1 unspecified atom stereocenters. The number of hydrogen-bond donors (Lipinski definition) is 0. The highest BCUT2D eigenvalue weighted by Gasteiger charge is 2.19. The molecule has 2 aromatic rings. The molecule has 0 amide bonds. The highest BCUT2D eigenvalue weighted by Crippen LogP contribution is 2.38. The lowest BCUT2D eigenvalue weighted by Gasteiger charge is -2.25. The van der Waals surface area contributed by atoms with Crippen LogP contribution >= 0.6 is 0 Å². The van der Waals surface area contributed by atoms with E-state index in [0.29, 0.717) is 6.61 Å². The van der Waals surface area contributed by atoms with Crippen molar-refractivity contribution in [3.63, 3.8) is 0 Å². The summed E-state index contributed by atoms with van der Waals surface area (Å²) in [7, 11) is 0. The number of fused-ring (bicyclic) bond motifs is 3. The molecule has 0 saturated heterocycles. The average Bonchev–Trinajstić information content (AvgIpc) is 2.29. The van der Waals surface area contributed by atoms with Gasteiger partial charge in [0.25, 0.3) is 0 Å². The molecule has 15 heavy (non-hydrogen) atoms. The van der Waals surface area contributed by atoms with Gasteiger partial charge in [-0.25, -0.2) is 0 Å². The number of rotatable bonds is 0. The van der Waals surface area contributed by atoms with E-state index >= 15 is 0 Å². The van der Waals surface area contributed by atoms with Crippen molar-refractivity contribution >= 4 is 10.8 Å². The van der Waals surface area contributed by atoms with Gasteiger partial charge in [-0.3, -0.25) is 0 Å². The molecule has 3 rings (SSSR count). The first-order valence-electron chi connectivity index (χ1n) is 5.16. The van der Waals surface area contributed by atoms with Crippen LogP contribution in [0.5, 0.6) is 11.5 Å². The Kier molecular flexibility index (Phi) is 1.81. The largest absolute Gasteiger partial charge is 0.486 e. The molecule has 0 bridgehead atoms. The summed E-state index contributed by atoms with van der Waals surface area (Å²) in [5.74, 6) is 1.73. The Morgan fingerprint density at radius 3 is 2.93 bits per heavy atom. The molecule has 0 aliphatic carbocycles. The second kappa shape index (κ2) is 3.16. The van der Waals surface area contributed by atoms with Crippen LogP contribution in [0.3, 0.4) is 0 Å². The van der Waals surface area contributed by atoms with Crippen molar-refractivity contribution in [3.05, 3.63) is 36.4 Å². The molecule has 0 radical (unpaired) electrons. The van der Waals surface area contributed by atoms with Gasteiger partial charge in [0.2, 0.25) is 0 Å². The van der Waals surface area contributed by atoms with Crippen molar-refractivity contribution in [2.24, 2.45) is 0 Å². The highest BCUT2D eigenvalue weighted by molar-refractivity contribution is 5.90. The molecule has 76 valence electrons. The molecule has 0 saturated carbocycles. The fourth-order valence-corrected chi connectivity index (χ4v) is 1.90. The molecule has 0 fully saturated rings. The van der Waals surface area contributed by atoms with Crippen molar-refractivity contribution in [2.45, 2.75) is 13.0 Å². The van der Waals surface area contributed by atoms with Crippen LogP contribution in [-0.2, 0) is 0 Å². The van der Waals surface area contributed by atoms with Crippen molar-refractivity contribution in [1.29, 1.82) is 0 Å². The Morgan fingerprint density at radius 1 is 1.13 bits per heavy atom. The molecule has 0 aromatic heterocycles. The van der Waals surface area contributed by atoms with Gasteiger partial charge in [0, 0.05) is 5.39 Å². The van der Waals surface area contributed by atoms with Crippen LogP contribution in [0.4, 0.5) is 0 Å². The summed E-state index contributed by atoms with van der Waals surface area (Å²) in [5.41, 5.74) is 0. The molecule has 1 aliphatic heterocycles. The maximum Gasteiger partial charge on any atom is 0.169 e. The van der Waals surface area contributed by atoms with Gasteiger partial charge >= 0.3 is 0 Å². The summed E-state index contributed by atoms with van der Waals surface area (Å²) in [6, 6.07) is 12.2. The van der Waals surface area contributed by atoms with Gasteiger partial charge in [-0.15, -0.1) is 0 Å². The monoisotopic (exact) mass is 200 g/mol. The Balaban J connectivity index is 2.28. The normalized spacial score (nSPS) is 19.1. The Morgan fingerprint density at radius 2 is 2.00 bits per heavy atom. The maximum absolute atomic E-state index is 5.82. The number of ether oxygens (including phenoxy) is 2. The SMILES string of the molecule is CC1COc2ccc3ccccc3c2O1. The van der Waals surface area contributed by atoms with Gasteiger partial charge in [0.15, 0.2) is 11.5 Å². The van der Waals surface area contributed by atoms with Gasteiger partial charge in [0.1, 0.15) is 12.7 Å². The molecule has 1 heterocycles. The van der Waals surface area contributed by atoms with E-state index in [1.807, 2.05) is 25.1 Å². The maximum atomic E-state index is 5.82. The number of hydrogen-bond acceptors (Lipinski definition) is 2. The fourth-order valence-electron chi connectivity index (χ4n) is 1.90. The van der Waals surface area contributed by atoms with E-state index in [-0.39, 0.29) is 6.10 Å². The van der Waals surface area contributed by atoms with Crippen LogP contribution in [0.15, 0.2) is 36.4 Å². The van der Waals surface area contributed by atoms with Crippen LogP contribution in [0.2, 0.25) is 0 Å². The first-order chi connectivity index (χ1) is 7.34. The van der Waals surface area contributed by atoms with E-state index in [1.54, 1.807) is 0 Å². The van der Waals surface area contributed by atoms with Crippen LogP contribution in [0, 0.1) is 0 Å². The molecular formula is C13H12O2. The van der Waals surface area contributed by atoms with Crippen LogP contribution in [-0.4, -0.2) is 12.7 Å². The topological polar surface area (TPSA) is 18.5 Å². The third-order valence-corrected chi connectivity index (χ3v) is 2.64. The van der Waals surface area contributed by atoms with E-state index in [1.165, 1.54) is 5.39 Å². The lowest BCUT2D eigenvalue weighted by molar-refractivity contribution is 0.106. The Labute approximate surface area is 88.4 Å². The summed E-state index contributed by atoms with van der Waals surface area (Å²) >= 11 is 0. The van der Waals surface area contributed by atoms with E-state index in [2.05, 4.69) is 18.2 Å². The smallest absolute Gasteiger partial charge is 0.169 e. The summed E-state index contributed by atoms with van der Waals surface area (Å²) in [6.07, 6.45) is 0.128. The van der Waals surface area contributed by atoms with E-state index < -0.39 is 0 Å². The summed E-state index contributed by atoms with van der Waals surface area (Å²) in [5, 5.41) is 2.32. The van der Waals surface area contributed by atoms with Gasteiger partial charge in [-0.2, -0.15) is 0 Å². The molecule has 1 aliphatic rings. The minimum absolute atomic E-state index is 0.128. The minimum Gasteiger partial charge on any atom is -0.486 e. The van der Waals surface area contributed by atoms with E-state index in [0.717, 1.165) is 16.9 Å². The standard InChI is InChI=1S/C13H12O2/c1-9-8-14-12-7-6-10-4-2-3-5-11(10)13(12)15-9/h2-7,9H,8H2,1H3. The summed E-state index contributed by atoms with van der Waals surface area (Å²) < 4.78 is 11.4. The molecule has 0 N–H and O–H groups in total. The molecule has 2 heteroatoms.